The average Bonchev–Trinajstić information content (AvgIpc) is 3.34. The van der Waals surface area contributed by atoms with Crippen LogP contribution in [-0.2, 0) is 0 Å². The van der Waals surface area contributed by atoms with Crippen molar-refractivity contribution < 1.29 is 18.6 Å². The maximum atomic E-state index is 6.02. The van der Waals surface area contributed by atoms with Gasteiger partial charge in [0.05, 0.1) is 6.61 Å². The third-order valence-electron chi connectivity index (χ3n) is 4.49. The molecule has 4 aromatic rings. The molecular weight excluding hydrogens is 342 g/mol. The van der Waals surface area contributed by atoms with Crippen LogP contribution < -0.4 is 14.2 Å². The fourth-order valence-electron chi connectivity index (χ4n) is 3.19. The molecule has 0 amide bonds. The smallest absolute Gasteiger partial charge is 0.231 e. The van der Waals surface area contributed by atoms with E-state index in [-0.39, 0.29) is 6.79 Å². The summed E-state index contributed by atoms with van der Waals surface area (Å²) < 4.78 is 22.4. The van der Waals surface area contributed by atoms with E-state index in [1.807, 2.05) is 67.6 Å². The Balaban J connectivity index is 1.52. The minimum absolute atomic E-state index is 0.268. The van der Waals surface area contributed by atoms with Crippen molar-refractivity contribution in [1.29, 1.82) is 0 Å². The molecule has 27 heavy (non-hydrogen) atoms. The zero-order valence-electron chi connectivity index (χ0n) is 14.8. The van der Waals surface area contributed by atoms with E-state index in [4.69, 9.17) is 18.6 Å². The van der Waals surface area contributed by atoms with Gasteiger partial charge in [0.1, 0.15) is 11.3 Å². The van der Waals surface area contributed by atoms with Crippen LogP contribution in [0.3, 0.4) is 0 Å². The van der Waals surface area contributed by atoms with Crippen molar-refractivity contribution in [2.45, 2.75) is 6.92 Å². The van der Waals surface area contributed by atoms with E-state index in [2.05, 4.69) is 4.98 Å². The molecule has 1 aromatic heterocycles. The highest BCUT2D eigenvalue weighted by Gasteiger charge is 2.15. The monoisotopic (exact) mass is 359 g/mol. The Morgan fingerprint density at radius 2 is 1.74 bits per heavy atom. The Labute approximate surface area is 156 Å². The number of benzene rings is 3. The molecule has 0 spiro atoms. The van der Waals surface area contributed by atoms with Crippen LogP contribution in [-0.4, -0.2) is 18.4 Å². The topological polar surface area (TPSA) is 53.7 Å². The first-order valence-corrected chi connectivity index (χ1v) is 8.84. The second kappa shape index (κ2) is 6.36. The number of oxazole rings is 1. The van der Waals surface area contributed by atoms with Crippen molar-refractivity contribution in [3.8, 4) is 39.8 Å². The highest BCUT2D eigenvalue weighted by molar-refractivity contribution is 5.82. The molecule has 0 aliphatic carbocycles. The molecule has 0 bridgehead atoms. The first-order valence-electron chi connectivity index (χ1n) is 8.84. The molecule has 0 radical (unpaired) electrons. The lowest BCUT2D eigenvalue weighted by Crippen LogP contribution is -1.92. The van der Waals surface area contributed by atoms with Crippen LogP contribution in [0.4, 0.5) is 0 Å². The number of nitrogens with zero attached hydrogens (tertiary/aromatic N) is 1. The zero-order valence-corrected chi connectivity index (χ0v) is 14.8. The summed E-state index contributed by atoms with van der Waals surface area (Å²) in [5.74, 6) is 2.92. The van der Waals surface area contributed by atoms with Crippen LogP contribution in [0.1, 0.15) is 6.92 Å². The minimum atomic E-state index is 0.268. The summed E-state index contributed by atoms with van der Waals surface area (Å²) in [6, 6.07) is 19.7. The van der Waals surface area contributed by atoms with Crippen LogP contribution in [0.2, 0.25) is 0 Å². The summed E-state index contributed by atoms with van der Waals surface area (Å²) in [6.45, 7) is 2.85. The van der Waals surface area contributed by atoms with Gasteiger partial charge in [-0.1, -0.05) is 18.2 Å². The minimum Gasteiger partial charge on any atom is -0.494 e. The Hall–Kier alpha value is -3.47. The van der Waals surface area contributed by atoms with E-state index in [1.165, 1.54) is 0 Å². The predicted molar refractivity (Wildman–Crippen MR) is 102 cm³/mol. The molecule has 2 heterocycles. The highest BCUT2D eigenvalue weighted by atomic mass is 16.7. The molecule has 1 aliphatic rings. The number of aromatic nitrogens is 1. The van der Waals surface area contributed by atoms with E-state index in [0.717, 1.165) is 45.0 Å². The van der Waals surface area contributed by atoms with Gasteiger partial charge < -0.3 is 18.6 Å². The van der Waals surface area contributed by atoms with Gasteiger partial charge >= 0.3 is 0 Å². The number of hydrogen-bond donors (Lipinski definition) is 0. The predicted octanol–water partition coefficient (Wildman–Crippen LogP) is 5.29. The van der Waals surface area contributed by atoms with Crippen LogP contribution >= 0.6 is 0 Å². The number of rotatable bonds is 4. The zero-order chi connectivity index (χ0) is 18.2. The van der Waals surface area contributed by atoms with E-state index in [1.54, 1.807) is 0 Å². The van der Waals surface area contributed by atoms with Gasteiger partial charge in [-0.05, 0) is 60.5 Å². The third kappa shape index (κ3) is 2.87. The fraction of sp³-hybridized carbons (Fsp3) is 0.136. The van der Waals surface area contributed by atoms with Crippen molar-refractivity contribution in [2.24, 2.45) is 0 Å². The van der Waals surface area contributed by atoms with Crippen molar-refractivity contribution in [3.63, 3.8) is 0 Å². The van der Waals surface area contributed by atoms with E-state index in [9.17, 15) is 0 Å². The van der Waals surface area contributed by atoms with Gasteiger partial charge in [-0.25, -0.2) is 4.98 Å². The fourth-order valence-corrected chi connectivity index (χ4v) is 3.19. The molecule has 0 unspecified atom stereocenters. The van der Waals surface area contributed by atoms with Crippen molar-refractivity contribution in [3.05, 3.63) is 60.7 Å². The molecule has 134 valence electrons. The maximum absolute atomic E-state index is 6.02. The number of hydrogen-bond acceptors (Lipinski definition) is 5. The van der Waals surface area contributed by atoms with Crippen molar-refractivity contribution in [2.75, 3.05) is 13.4 Å². The van der Waals surface area contributed by atoms with Crippen molar-refractivity contribution >= 4 is 11.1 Å². The van der Waals surface area contributed by atoms with Crippen LogP contribution in [0.15, 0.2) is 65.1 Å². The lowest BCUT2D eigenvalue weighted by molar-refractivity contribution is 0.174. The van der Waals surface area contributed by atoms with Crippen LogP contribution in [0.5, 0.6) is 17.2 Å². The summed E-state index contributed by atoms with van der Waals surface area (Å²) in [5, 5.41) is 0. The first-order chi connectivity index (χ1) is 13.3. The lowest BCUT2D eigenvalue weighted by atomic mass is 10.0. The summed E-state index contributed by atoms with van der Waals surface area (Å²) in [7, 11) is 0. The molecule has 0 saturated carbocycles. The number of ether oxygens (including phenoxy) is 3. The average molecular weight is 359 g/mol. The normalized spacial score (nSPS) is 12.5. The quantitative estimate of drug-likeness (QED) is 0.495. The Bertz CT molecular complexity index is 1130. The van der Waals surface area contributed by atoms with E-state index in [0.29, 0.717) is 12.5 Å². The molecule has 5 heteroatoms. The maximum Gasteiger partial charge on any atom is 0.231 e. The number of fused-ring (bicyclic) bond motifs is 2. The molecule has 0 atom stereocenters. The summed E-state index contributed by atoms with van der Waals surface area (Å²) in [6.07, 6.45) is 0. The SMILES string of the molecule is CCOc1cccc(-c2nc3ccc(-c4ccc5c(c4)OCO5)cc3o2)c1. The summed E-state index contributed by atoms with van der Waals surface area (Å²) in [4.78, 5) is 4.61. The van der Waals surface area contributed by atoms with Crippen LogP contribution in [0.25, 0.3) is 33.7 Å². The van der Waals surface area contributed by atoms with Gasteiger partial charge in [-0.15, -0.1) is 0 Å². The molecule has 0 N–H and O–H groups in total. The molecule has 5 nitrogen and oxygen atoms in total. The Kier molecular flexibility index (Phi) is 3.71. The summed E-state index contributed by atoms with van der Waals surface area (Å²) in [5.41, 5.74) is 4.52. The molecular formula is C22H17NO4. The Morgan fingerprint density at radius 1 is 0.889 bits per heavy atom. The first kappa shape index (κ1) is 15.8. The molecule has 5 rings (SSSR count). The van der Waals surface area contributed by atoms with E-state index >= 15 is 0 Å². The molecule has 1 aliphatic heterocycles. The van der Waals surface area contributed by atoms with Gasteiger partial charge in [0.25, 0.3) is 0 Å². The second-order valence-electron chi connectivity index (χ2n) is 6.23. The molecule has 0 saturated heterocycles. The summed E-state index contributed by atoms with van der Waals surface area (Å²) >= 11 is 0. The van der Waals surface area contributed by atoms with E-state index < -0.39 is 0 Å². The van der Waals surface area contributed by atoms with Gasteiger partial charge in [0.15, 0.2) is 17.1 Å². The lowest BCUT2D eigenvalue weighted by Gasteiger charge is -2.03. The Morgan fingerprint density at radius 3 is 2.67 bits per heavy atom. The second-order valence-corrected chi connectivity index (χ2v) is 6.23. The van der Waals surface area contributed by atoms with Crippen LogP contribution in [0, 0.1) is 0 Å². The largest absolute Gasteiger partial charge is 0.494 e. The van der Waals surface area contributed by atoms with Crippen molar-refractivity contribution in [1.82, 2.24) is 4.98 Å². The standard InChI is InChI=1S/C22H17NO4/c1-2-24-17-5-3-4-16(10-17)22-23-18-8-6-14(11-20(18)27-22)15-7-9-19-21(12-15)26-13-25-19/h3-12H,2,13H2,1H3. The molecule has 0 fully saturated rings. The highest BCUT2D eigenvalue weighted by Crippen LogP contribution is 2.37. The van der Waals surface area contributed by atoms with Gasteiger partial charge in [-0.3, -0.25) is 0 Å². The van der Waals surface area contributed by atoms with Gasteiger partial charge in [0, 0.05) is 5.56 Å². The third-order valence-corrected chi connectivity index (χ3v) is 4.49. The van der Waals surface area contributed by atoms with Gasteiger partial charge in [-0.2, -0.15) is 0 Å². The van der Waals surface area contributed by atoms with Gasteiger partial charge in [0.2, 0.25) is 12.7 Å². The molecule has 3 aromatic carbocycles.